The summed E-state index contributed by atoms with van der Waals surface area (Å²) in [5.41, 5.74) is 1.67. The van der Waals surface area contributed by atoms with Crippen LogP contribution < -0.4 is 10.9 Å². The standard InChI is InChI=1S/C21H23N3O3S/c1-21(2,3)13-8-9-17(25)16(12-13)22-18(26)10-11-24-19(27)14-6-4-5-7-15(14)23-20(24)28/h4-9,12,25H,10-11H2,1-3H3,(H,22,26)(H,23,28). The van der Waals surface area contributed by atoms with E-state index in [1.165, 1.54) is 4.57 Å². The van der Waals surface area contributed by atoms with E-state index in [4.69, 9.17) is 12.2 Å². The summed E-state index contributed by atoms with van der Waals surface area (Å²) in [6.07, 6.45) is 0.0505. The molecule has 3 rings (SSSR count). The number of aromatic hydroxyl groups is 1. The lowest BCUT2D eigenvalue weighted by molar-refractivity contribution is -0.116. The number of aromatic nitrogens is 2. The summed E-state index contributed by atoms with van der Waals surface area (Å²) in [7, 11) is 0. The Morgan fingerprint density at radius 2 is 1.93 bits per heavy atom. The molecule has 0 spiro atoms. The number of benzene rings is 2. The topological polar surface area (TPSA) is 87.1 Å². The highest BCUT2D eigenvalue weighted by molar-refractivity contribution is 7.71. The van der Waals surface area contributed by atoms with E-state index in [-0.39, 0.29) is 40.4 Å². The smallest absolute Gasteiger partial charge is 0.262 e. The Labute approximate surface area is 167 Å². The van der Waals surface area contributed by atoms with Crippen LogP contribution in [0.15, 0.2) is 47.3 Å². The fraction of sp³-hybridized carbons (Fsp3) is 0.286. The fourth-order valence-electron chi connectivity index (χ4n) is 2.93. The molecule has 0 atom stereocenters. The SMILES string of the molecule is CC(C)(C)c1ccc(O)c(NC(=O)CCn2c(=S)[nH]c3ccccc3c2=O)c1. The van der Waals surface area contributed by atoms with E-state index in [0.29, 0.717) is 16.6 Å². The Morgan fingerprint density at radius 3 is 2.64 bits per heavy atom. The second-order valence-electron chi connectivity index (χ2n) is 7.71. The van der Waals surface area contributed by atoms with Crippen molar-refractivity contribution in [1.29, 1.82) is 0 Å². The van der Waals surface area contributed by atoms with Gasteiger partial charge in [-0.25, -0.2) is 0 Å². The minimum absolute atomic E-state index is 0.00140. The first kappa shape index (κ1) is 19.8. The highest BCUT2D eigenvalue weighted by atomic mass is 32.1. The number of anilines is 1. The number of phenolic OH excluding ortho intramolecular Hbond substituents is 1. The number of amides is 1. The van der Waals surface area contributed by atoms with Gasteiger partial charge in [-0.2, -0.15) is 0 Å². The van der Waals surface area contributed by atoms with Crippen LogP contribution in [0.4, 0.5) is 5.69 Å². The molecule has 1 heterocycles. The van der Waals surface area contributed by atoms with Gasteiger partial charge in [-0.15, -0.1) is 0 Å². The minimum atomic E-state index is -0.309. The molecular weight excluding hydrogens is 374 g/mol. The molecule has 146 valence electrons. The van der Waals surface area contributed by atoms with Gasteiger partial charge < -0.3 is 15.4 Å². The maximum absolute atomic E-state index is 12.6. The van der Waals surface area contributed by atoms with Gasteiger partial charge in [-0.1, -0.05) is 39.0 Å². The van der Waals surface area contributed by atoms with Gasteiger partial charge in [0.2, 0.25) is 5.91 Å². The number of carbonyl (C=O) groups is 1. The molecule has 3 N–H and O–H groups in total. The molecule has 0 aliphatic carbocycles. The van der Waals surface area contributed by atoms with Gasteiger partial charge in [-0.3, -0.25) is 14.2 Å². The molecule has 1 aromatic heterocycles. The van der Waals surface area contributed by atoms with E-state index in [1.807, 2.05) is 12.1 Å². The molecule has 0 saturated carbocycles. The van der Waals surface area contributed by atoms with E-state index in [0.717, 1.165) is 5.56 Å². The number of phenols is 1. The van der Waals surface area contributed by atoms with E-state index in [1.54, 1.807) is 30.3 Å². The summed E-state index contributed by atoms with van der Waals surface area (Å²) in [5.74, 6) is -0.308. The summed E-state index contributed by atoms with van der Waals surface area (Å²) in [6, 6.07) is 12.3. The summed E-state index contributed by atoms with van der Waals surface area (Å²) < 4.78 is 1.65. The quantitative estimate of drug-likeness (QED) is 0.457. The molecule has 0 aliphatic heterocycles. The first-order valence-corrected chi connectivity index (χ1v) is 9.43. The number of fused-ring (bicyclic) bond motifs is 1. The molecule has 2 aromatic carbocycles. The predicted molar refractivity (Wildman–Crippen MR) is 113 cm³/mol. The highest BCUT2D eigenvalue weighted by Crippen LogP contribution is 2.30. The van der Waals surface area contributed by atoms with Crippen molar-refractivity contribution in [3.8, 4) is 5.75 Å². The van der Waals surface area contributed by atoms with Gasteiger partial charge in [0.25, 0.3) is 5.56 Å². The second-order valence-corrected chi connectivity index (χ2v) is 8.10. The normalized spacial score (nSPS) is 11.5. The van der Waals surface area contributed by atoms with Crippen molar-refractivity contribution >= 4 is 34.7 Å². The molecule has 6 nitrogen and oxygen atoms in total. The lowest BCUT2D eigenvalue weighted by Gasteiger charge is -2.20. The monoisotopic (exact) mass is 397 g/mol. The Kier molecular flexibility index (Phi) is 5.38. The number of H-pyrrole nitrogens is 1. The third kappa shape index (κ3) is 4.14. The first-order valence-electron chi connectivity index (χ1n) is 9.02. The van der Waals surface area contributed by atoms with Crippen LogP contribution in [0.3, 0.4) is 0 Å². The van der Waals surface area contributed by atoms with E-state index >= 15 is 0 Å². The van der Waals surface area contributed by atoms with Crippen LogP contribution in [0.25, 0.3) is 10.9 Å². The van der Waals surface area contributed by atoms with Gasteiger partial charge >= 0.3 is 0 Å². The predicted octanol–water partition coefficient (Wildman–Crippen LogP) is 4.09. The van der Waals surface area contributed by atoms with Crippen LogP contribution in [-0.2, 0) is 16.8 Å². The third-order valence-corrected chi connectivity index (χ3v) is 4.91. The summed E-state index contributed by atoms with van der Waals surface area (Å²) in [4.78, 5) is 28.0. The Hall–Kier alpha value is -2.93. The van der Waals surface area contributed by atoms with Crippen LogP contribution in [0.1, 0.15) is 32.8 Å². The van der Waals surface area contributed by atoms with Gasteiger partial charge in [0, 0.05) is 13.0 Å². The molecular formula is C21H23N3O3S. The lowest BCUT2D eigenvalue weighted by Crippen LogP contribution is -2.25. The number of carbonyl (C=O) groups excluding carboxylic acids is 1. The van der Waals surface area contributed by atoms with Crippen molar-refractivity contribution in [1.82, 2.24) is 9.55 Å². The molecule has 7 heteroatoms. The number of hydrogen-bond acceptors (Lipinski definition) is 4. The number of nitrogens with one attached hydrogen (secondary N) is 2. The average Bonchev–Trinajstić information content (AvgIpc) is 2.62. The molecule has 0 radical (unpaired) electrons. The zero-order valence-corrected chi connectivity index (χ0v) is 16.9. The molecule has 0 saturated heterocycles. The summed E-state index contributed by atoms with van der Waals surface area (Å²) in [6.45, 7) is 6.31. The maximum Gasteiger partial charge on any atom is 0.262 e. The van der Waals surface area contributed by atoms with Gasteiger partial charge in [0.15, 0.2) is 4.77 Å². The Morgan fingerprint density at radius 1 is 1.21 bits per heavy atom. The van der Waals surface area contributed by atoms with Crippen molar-refractivity contribution < 1.29 is 9.90 Å². The highest BCUT2D eigenvalue weighted by Gasteiger charge is 2.16. The summed E-state index contributed by atoms with van der Waals surface area (Å²) in [5, 5.41) is 13.3. The van der Waals surface area contributed by atoms with E-state index in [2.05, 4.69) is 31.1 Å². The van der Waals surface area contributed by atoms with Crippen molar-refractivity contribution in [3.05, 3.63) is 63.2 Å². The van der Waals surface area contributed by atoms with Gasteiger partial charge in [-0.05, 0) is 47.5 Å². The number of rotatable bonds is 4. The Balaban J connectivity index is 1.78. The zero-order chi connectivity index (χ0) is 20.5. The van der Waals surface area contributed by atoms with Crippen molar-refractivity contribution in [2.45, 2.75) is 39.2 Å². The Bertz CT molecular complexity index is 1160. The third-order valence-electron chi connectivity index (χ3n) is 4.59. The molecule has 0 fully saturated rings. The van der Waals surface area contributed by atoms with Crippen LogP contribution >= 0.6 is 12.2 Å². The van der Waals surface area contributed by atoms with Crippen molar-refractivity contribution in [2.75, 3.05) is 5.32 Å². The molecule has 28 heavy (non-hydrogen) atoms. The van der Waals surface area contributed by atoms with E-state index < -0.39 is 0 Å². The maximum atomic E-state index is 12.6. The van der Waals surface area contributed by atoms with Crippen molar-refractivity contribution in [2.24, 2.45) is 0 Å². The van der Waals surface area contributed by atoms with Crippen molar-refractivity contribution in [3.63, 3.8) is 0 Å². The second kappa shape index (κ2) is 7.59. The number of para-hydroxylation sites is 1. The van der Waals surface area contributed by atoms with Crippen LogP contribution in [0.2, 0.25) is 0 Å². The molecule has 3 aromatic rings. The lowest BCUT2D eigenvalue weighted by atomic mass is 9.87. The van der Waals surface area contributed by atoms with Gasteiger partial charge in [0.05, 0.1) is 16.6 Å². The van der Waals surface area contributed by atoms with E-state index in [9.17, 15) is 14.7 Å². The molecule has 1 amide bonds. The fourth-order valence-corrected chi connectivity index (χ4v) is 3.21. The minimum Gasteiger partial charge on any atom is -0.506 e. The molecule has 0 unspecified atom stereocenters. The number of hydrogen-bond donors (Lipinski definition) is 3. The number of aromatic amines is 1. The molecule has 0 aliphatic rings. The van der Waals surface area contributed by atoms with Crippen LogP contribution in [-0.4, -0.2) is 20.6 Å². The van der Waals surface area contributed by atoms with Gasteiger partial charge in [0.1, 0.15) is 5.75 Å². The summed E-state index contributed by atoms with van der Waals surface area (Å²) >= 11 is 5.26. The largest absolute Gasteiger partial charge is 0.506 e. The van der Waals surface area contributed by atoms with Crippen LogP contribution in [0, 0.1) is 4.77 Å². The van der Waals surface area contributed by atoms with Crippen LogP contribution in [0.5, 0.6) is 5.75 Å². The first-order chi connectivity index (χ1) is 13.2. The zero-order valence-electron chi connectivity index (χ0n) is 16.1. The average molecular weight is 398 g/mol. The molecule has 0 bridgehead atoms. The number of nitrogens with zero attached hydrogens (tertiary/aromatic N) is 1.